The Kier molecular flexibility index (Phi) is 3.35. The van der Waals surface area contributed by atoms with E-state index >= 15 is 0 Å². The average Bonchev–Trinajstić information content (AvgIpc) is 2.85. The molecule has 2 aromatic heterocycles. The highest BCUT2D eigenvalue weighted by Crippen LogP contribution is 2.16. The number of rotatable bonds is 3. The number of anilines is 1. The second-order valence-electron chi connectivity index (χ2n) is 4.87. The lowest BCUT2D eigenvalue weighted by Crippen LogP contribution is -2.46. The van der Waals surface area contributed by atoms with Gasteiger partial charge in [0, 0.05) is 25.8 Å². The van der Waals surface area contributed by atoms with Crippen molar-refractivity contribution >= 4 is 11.6 Å². The molecule has 0 aromatic carbocycles. The Bertz CT molecular complexity index is 565. The Morgan fingerprint density at radius 2 is 2.42 bits per heavy atom. The molecule has 1 aliphatic rings. The molecule has 102 valence electrons. The lowest BCUT2D eigenvalue weighted by molar-refractivity contribution is 0.0416. The van der Waals surface area contributed by atoms with Crippen LogP contribution in [0.15, 0.2) is 18.3 Å². The maximum Gasteiger partial charge on any atom is 0.245 e. The summed E-state index contributed by atoms with van der Waals surface area (Å²) in [7, 11) is 1.94. The summed E-state index contributed by atoms with van der Waals surface area (Å²) in [6.07, 6.45) is 2.14. The molecule has 0 radical (unpaired) electrons. The van der Waals surface area contributed by atoms with Crippen LogP contribution in [0.4, 0.5) is 5.95 Å². The standard InChI is InChI=1S/C13H19N5O/c1-10-4-3-5-18-12(10)15-13(16-18)17-6-7-19-11(9-17)8-14-2/h3-5,11,14H,6-9H2,1-2H3. The summed E-state index contributed by atoms with van der Waals surface area (Å²) >= 11 is 0. The Labute approximate surface area is 112 Å². The summed E-state index contributed by atoms with van der Waals surface area (Å²) in [4.78, 5) is 6.82. The van der Waals surface area contributed by atoms with E-state index in [1.165, 1.54) is 0 Å². The van der Waals surface area contributed by atoms with E-state index in [4.69, 9.17) is 4.74 Å². The summed E-state index contributed by atoms with van der Waals surface area (Å²) in [6.45, 7) is 5.30. The van der Waals surface area contributed by atoms with E-state index < -0.39 is 0 Å². The van der Waals surface area contributed by atoms with Crippen molar-refractivity contribution in [1.29, 1.82) is 0 Å². The molecule has 1 atom stereocenters. The number of aryl methyl sites for hydroxylation is 1. The van der Waals surface area contributed by atoms with Crippen molar-refractivity contribution < 1.29 is 4.74 Å². The molecular weight excluding hydrogens is 242 g/mol. The van der Waals surface area contributed by atoms with Gasteiger partial charge in [0.1, 0.15) is 0 Å². The molecule has 6 nitrogen and oxygen atoms in total. The van der Waals surface area contributed by atoms with E-state index in [0.29, 0.717) is 0 Å². The second kappa shape index (κ2) is 5.14. The Morgan fingerprint density at radius 3 is 3.21 bits per heavy atom. The predicted molar refractivity (Wildman–Crippen MR) is 73.6 cm³/mol. The minimum Gasteiger partial charge on any atom is -0.373 e. The van der Waals surface area contributed by atoms with E-state index in [1.54, 1.807) is 0 Å². The zero-order valence-corrected chi connectivity index (χ0v) is 11.3. The van der Waals surface area contributed by atoms with Crippen LogP contribution >= 0.6 is 0 Å². The van der Waals surface area contributed by atoms with Crippen LogP contribution in [0.5, 0.6) is 0 Å². The van der Waals surface area contributed by atoms with Gasteiger partial charge in [0.2, 0.25) is 5.95 Å². The maximum atomic E-state index is 5.70. The first-order valence-electron chi connectivity index (χ1n) is 6.61. The van der Waals surface area contributed by atoms with Crippen molar-refractivity contribution in [2.45, 2.75) is 13.0 Å². The molecule has 1 N–H and O–H groups in total. The normalized spacial score (nSPS) is 20.1. The first-order chi connectivity index (χ1) is 9.28. The third kappa shape index (κ3) is 2.41. The summed E-state index contributed by atoms with van der Waals surface area (Å²) in [5, 5.41) is 7.69. The largest absolute Gasteiger partial charge is 0.373 e. The van der Waals surface area contributed by atoms with Gasteiger partial charge in [0.25, 0.3) is 0 Å². The number of hydrogen-bond donors (Lipinski definition) is 1. The topological polar surface area (TPSA) is 54.7 Å². The number of ether oxygens (including phenoxy) is 1. The van der Waals surface area contributed by atoms with E-state index in [1.807, 2.05) is 23.8 Å². The summed E-state index contributed by atoms with van der Waals surface area (Å²) in [6, 6.07) is 4.04. The van der Waals surface area contributed by atoms with E-state index in [9.17, 15) is 0 Å². The number of fused-ring (bicyclic) bond motifs is 1. The fraction of sp³-hybridized carbons (Fsp3) is 0.538. The van der Waals surface area contributed by atoms with Crippen molar-refractivity contribution in [1.82, 2.24) is 19.9 Å². The van der Waals surface area contributed by atoms with Gasteiger partial charge in [0.15, 0.2) is 5.65 Å². The summed E-state index contributed by atoms with van der Waals surface area (Å²) in [5.74, 6) is 0.790. The van der Waals surface area contributed by atoms with Crippen molar-refractivity contribution in [3.05, 3.63) is 23.9 Å². The molecule has 6 heteroatoms. The van der Waals surface area contributed by atoms with Crippen LogP contribution in [0.3, 0.4) is 0 Å². The number of pyridine rings is 1. The highest BCUT2D eigenvalue weighted by Gasteiger charge is 2.23. The monoisotopic (exact) mass is 261 g/mol. The second-order valence-corrected chi connectivity index (χ2v) is 4.87. The molecule has 1 saturated heterocycles. The predicted octanol–water partition coefficient (Wildman–Crippen LogP) is 0.462. The molecule has 2 aromatic rings. The molecule has 0 aliphatic carbocycles. The Balaban J connectivity index is 1.85. The number of aromatic nitrogens is 3. The van der Waals surface area contributed by atoms with Crippen LogP contribution in [0.25, 0.3) is 5.65 Å². The molecule has 0 bridgehead atoms. The van der Waals surface area contributed by atoms with Crippen LogP contribution in [0, 0.1) is 6.92 Å². The first-order valence-corrected chi connectivity index (χ1v) is 6.61. The van der Waals surface area contributed by atoms with Gasteiger partial charge in [-0.05, 0) is 25.6 Å². The van der Waals surface area contributed by atoms with E-state index in [-0.39, 0.29) is 6.10 Å². The fourth-order valence-electron chi connectivity index (χ4n) is 2.41. The van der Waals surface area contributed by atoms with Gasteiger partial charge in [-0.1, -0.05) is 6.07 Å². The highest BCUT2D eigenvalue weighted by molar-refractivity contribution is 5.50. The van der Waals surface area contributed by atoms with Crippen LogP contribution in [0.1, 0.15) is 5.56 Å². The fourth-order valence-corrected chi connectivity index (χ4v) is 2.41. The summed E-state index contributed by atoms with van der Waals surface area (Å²) < 4.78 is 7.54. The SMILES string of the molecule is CNCC1CN(c2nc3c(C)cccn3n2)CCO1. The van der Waals surface area contributed by atoms with Crippen molar-refractivity contribution in [2.24, 2.45) is 0 Å². The lowest BCUT2D eigenvalue weighted by atomic mass is 10.3. The van der Waals surface area contributed by atoms with Gasteiger partial charge in [-0.15, -0.1) is 5.10 Å². The Hall–Kier alpha value is -1.66. The van der Waals surface area contributed by atoms with Gasteiger partial charge in [-0.3, -0.25) is 0 Å². The number of hydrogen-bond acceptors (Lipinski definition) is 5. The third-order valence-electron chi connectivity index (χ3n) is 3.40. The number of nitrogens with one attached hydrogen (secondary N) is 1. The molecule has 1 aliphatic heterocycles. The van der Waals surface area contributed by atoms with Crippen molar-refractivity contribution in [3.63, 3.8) is 0 Å². The van der Waals surface area contributed by atoms with Crippen LogP contribution in [-0.2, 0) is 4.74 Å². The Morgan fingerprint density at radius 1 is 1.53 bits per heavy atom. The lowest BCUT2D eigenvalue weighted by Gasteiger charge is -2.31. The summed E-state index contributed by atoms with van der Waals surface area (Å²) in [5.41, 5.74) is 2.07. The van der Waals surface area contributed by atoms with Gasteiger partial charge < -0.3 is 15.0 Å². The number of likely N-dealkylation sites (N-methyl/N-ethyl adjacent to an activating group) is 1. The molecule has 19 heavy (non-hydrogen) atoms. The van der Waals surface area contributed by atoms with Crippen LogP contribution < -0.4 is 10.2 Å². The maximum absolute atomic E-state index is 5.70. The quantitative estimate of drug-likeness (QED) is 0.870. The molecular formula is C13H19N5O. The van der Waals surface area contributed by atoms with E-state index in [0.717, 1.165) is 43.4 Å². The van der Waals surface area contributed by atoms with Crippen LogP contribution in [0.2, 0.25) is 0 Å². The molecule has 0 spiro atoms. The van der Waals surface area contributed by atoms with Gasteiger partial charge in [-0.2, -0.15) is 4.98 Å². The van der Waals surface area contributed by atoms with Crippen LogP contribution in [-0.4, -0.2) is 54.0 Å². The average molecular weight is 261 g/mol. The zero-order valence-electron chi connectivity index (χ0n) is 11.3. The first kappa shape index (κ1) is 12.4. The van der Waals surface area contributed by atoms with Gasteiger partial charge >= 0.3 is 0 Å². The van der Waals surface area contributed by atoms with Gasteiger partial charge in [-0.25, -0.2) is 4.52 Å². The number of morpholine rings is 1. The molecule has 3 heterocycles. The minimum absolute atomic E-state index is 0.200. The molecule has 0 amide bonds. The molecule has 1 unspecified atom stereocenters. The molecule has 0 saturated carbocycles. The van der Waals surface area contributed by atoms with Crippen molar-refractivity contribution in [3.8, 4) is 0 Å². The highest BCUT2D eigenvalue weighted by atomic mass is 16.5. The van der Waals surface area contributed by atoms with Crippen molar-refractivity contribution in [2.75, 3.05) is 38.2 Å². The number of nitrogens with zero attached hydrogens (tertiary/aromatic N) is 4. The molecule has 1 fully saturated rings. The van der Waals surface area contributed by atoms with Gasteiger partial charge in [0.05, 0.1) is 12.7 Å². The molecule has 3 rings (SSSR count). The zero-order chi connectivity index (χ0) is 13.2. The smallest absolute Gasteiger partial charge is 0.245 e. The minimum atomic E-state index is 0.200. The van der Waals surface area contributed by atoms with E-state index in [2.05, 4.69) is 33.3 Å². The third-order valence-corrected chi connectivity index (χ3v) is 3.40.